The second-order valence-electron chi connectivity index (χ2n) is 2.32. The Hall–Kier alpha value is -0.540. The van der Waals surface area contributed by atoms with Gasteiger partial charge in [-0.1, -0.05) is 11.6 Å². The lowest BCUT2D eigenvalue weighted by Gasteiger charge is -1.89. The zero-order valence-corrected chi connectivity index (χ0v) is 7.37. The van der Waals surface area contributed by atoms with Crippen LogP contribution in [0.2, 0.25) is 4.34 Å². The smallest absolute Gasteiger partial charge is 0.0935 e. The summed E-state index contributed by atoms with van der Waals surface area (Å²) in [4.78, 5) is 1.18. The van der Waals surface area contributed by atoms with Crippen molar-refractivity contribution in [2.45, 2.75) is 6.42 Å². The molecule has 0 aromatic carbocycles. The lowest BCUT2D eigenvalue weighted by atomic mass is 10.2. The Labute approximate surface area is 73.9 Å². The van der Waals surface area contributed by atoms with Gasteiger partial charge in [0.25, 0.3) is 0 Å². The van der Waals surface area contributed by atoms with Gasteiger partial charge in [0.15, 0.2) is 0 Å². The van der Waals surface area contributed by atoms with Crippen molar-refractivity contribution in [3.63, 3.8) is 0 Å². The number of rotatable bonds is 1. The monoisotopic (exact) mass is 186 g/mol. The van der Waals surface area contributed by atoms with Crippen LogP contribution in [0.1, 0.15) is 11.3 Å². The molecule has 0 aliphatic carbocycles. The van der Waals surface area contributed by atoms with Crippen molar-refractivity contribution in [2.24, 2.45) is 5.10 Å². The molecule has 0 amide bonds. The van der Waals surface area contributed by atoms with Crippen molar-refractivity contribution in [3.8, 4) is 0 Å². The van der Waals surface area contributed by atoms with E-state index in [1.165, 1.54) is 4.88 Å². The fraction of sp³-hybridized carbons (Fsp3) is 0.286. The molecule has 0 saturated heterocycles. The number of hydrogen-bond donors (Lipinski definition) is 1. The van der Waals surface area contributed by atoms with E-state index >= 15 is 0 Å². The zero-order chi connectivity index (χ0) is 7.68. The molecule has 0 spiro atoms. The first kappa shape index (κ1) is 7.13. The Balaban J connectivity index is 2.28. The van der Waals surface area contributed by atoms with Crippen LogP contribution in [0.3, 0.4) is 0 Å². The minimum Gasteiger partial charge on any atom is -0.309 e. The van der Waals surface area contributed by atoms with Crippen molar-refractivity contribution in [1.29, 1.82) is 0 Å². The molecule has 4 heteroatoms. The molecule has 1 aliphatic heterocycles. The molecular formula is C7H7ClN2S. The lowest BCUT2D eigenvalue weighted by molar-refractivity contribution is 0.813. The number of hydrazone groups is 1. The second kappa shape index (κ2) is 2.83. The van der Waals surface area contributed by atoms with E-state index < -0.39 is 0 Å². The molecule has 11 heavy (non-hydrogen) atoms. The lowest BCUT2D eigenvalue weighted by Crippen LogP contribution is -1.96. The molecule has 1 aliphatic rings. The summed E-state index contributed by atoms with van der Waals surface area (Å²) in [5.41, 5.74) is 4.06. The first-order valence-corrected chi connectivity index (χ1v) is 4.61. The topological polar surface area (TPSA) is 24.4 Å². The second-order valence-corrected chi connectivity index (χ2v) is 4.04. The van der Waals surface area contributed by atoms with E-state index in [2.05, 4.69) is 10.5 Å². The van der Waals surface area contributed by atoms with E-state index in [1.54, 1.807) is 11.3 Å². The van der Waals surface area contributed by atoms with Gasteiger partial charge >= 0.3 is 0 Å². The molecule has 2 nitrogen and oxygen atoms in total. The first-order valence-electron chi connectivity index (χ1n) is 3.41. The van der Waals surface area contributed by atoms with Crippen LogP contribution in [0.5, 0.6) is 0 Å². The summed E-state index contributed by atoms with van der Waals surface area (Å²) >= 11 is 7.36. The molecule has 1 aromatic heterocycles. The third kappa shape index (κ3) is 1.39. The Morgan fingerprint density at radius 3 is 3.00 bits per heavy atom. The number of nitrogens with one attached hydrogen (secondary N) is 1. The summed E-state index contributed by atoms with van der Waals surface area (Å²) in [5, 5.41) is 4.14. The van der Waals surface area contributed by atoms with Crippen molar-refractivity contribution in [1.82, 2.24) is 5.43 Å². The third-order valence-electron chi connectivity index (χ3n) is 1.55. The van der Waals surface area contributed by atoms with E-state index in [9.17, 15) is 0 Å². The highest BCUT2D eigenvalue weighted by Gasteiger charge is 2.10. The Morgan fingerprint density at radius 2 is 2.45 bits per heavy atom. The molecule has 2 rings (SSSR count). The van der Waals surface area contributed by atoms with Gasteiger partial charge in [-0.2, -0.15) is 5.10 Å². The van der Waals surface area contributed by atoms with Gasteiger partial charge in [-0.3, -0.25) is 0 Å². The van der Waals surface area contributed by atoms with Gasteiger partial charge in [0.05, 0.1) is 14.9 Å². The Morgan fingerprint density at radius 1 is 1.55 bits per heavy atom. The van der Waals surface area contributed by atoms with E-state index in [4.69, 9.17) is 11.6 Å². The fourth-order valence-corrected chi connectivity index (χ4v) is 2.09. The molecule has 0 atom stereocenters. The number of hydrogen-bond acceptors (Lipinski definition) is 3. The van der Waals surface area contributed by atoms with Crippen molar-refractivity contribution in [2.75, 3.05) is 6.54 Å². The van der Waals surface area contributed by atoms with E-state index in [-0.39, 0.29) is 0 Å². The molecule has 1 N–H and O–H groups in total. The molecule has 58 valence electrons. The average molecular weight is 187 g/mol. The van der Waals surface area contributed by atoms with Gasteiger partial charge < -0.3 is 5.43 Å². The largest absolute Gasteiger partial charge is 0.309 e. The van der Waals surface area contributed by atoms with Crippen LogP contribution in [0, 0.1) is 0 Å². The van der Waals surface area contributed by atoms with E-state index in [0.29, 0.717) is 0 Å². The molecule has 2 heterocycles. The van der Waals surface area contributed by atoms with Crippen LogP contribution < -0.4 is 5.43 Å². The zero-order valence-electron chi connectivity index (χ0n) is 5.80. The minimum atomic E-state index is 0.828. The van der Waals surface area contributed by atoms with Gasteiger partial charge in [-0.25, -0.2) is 0 Å². The number of halogens is 1. The normalized spacial score (nSPS) is 16.3. The molecule has 0 saturated carbocycles. The molecule has 0 fully saturated rings. The van der Waals surface area contributed by atoms with Crippen LogP contribution in [-0.2, 0) is 0 Å². The highest BCUT2D eigenvalue weighted by molar-refractivity contribution is 7.18. The van der Waals surface area contributed by atoms with E-state index in [0.717, 1.165) is 23.0 Å². The summed E-state index contributed by atoms with van der Waals surface area (Å²) < 4.78 is 0.828. The highest BCUT2D eigenvalue weighted by Crippen LogP contribution is 2.23. The summed E-state index contributed by atoms with van der Waals surface area (Å²) in [6.07, 6.45) is 1.01. The van der Waals surface area contributed by atoms with Crippen LogP contribution in [-0.4, -0.2) is 12.3 Å². The summed E-state index contributed by atoms with van der Waals surface area (Å²) in [6, 6.07) is 3.92. The molecule has 0 unspecified atom stereocenters. The number of nitrogens with zero attached hydrogens (tertiary/aromatic N) is 1. The van der Waals surface area contributed by atoms with Crippen LogP contribution in [0.25, 0.3) is 0 Å². The van der Waals surface area contributed by atoms with Gasteiger partial charge in [0.1, 0.15) is 0 Å². The summed E-state index contributed by atoms with van der Waals surface area (Å²) in [6.45, 7) is 0.949. The van der Waals surface area contributed by atoms with Crippen molar-refractivity contribution in [3.05, 3.63) is 21.3 Å². The van der Waals surface area contributed by atoms with Gasteiger partial charge in [0, 0.05) is 13.0 Å². The maximum absolute atomic E-state index is 5.78. The van der Waals surface area contributed by atoms with Crippen LogP contribution in [0.4, 0.5) is 0 Å². The van der Waals surface area contributed by atoms with Gasteiger partial charge in [0.2, 0.25) is 0 Å². The van der Waals surface area contributed by atoms with Crippen LogP contribution in [0.15, 0.2) is 17.2 Å². The summed E-state index contributed by atoms with van der Waals surface area (Å²) in [5.74, 6) is 0. The third-order valence-corrected chi connectivity index (χ3v) is 2.83. The average Bonchev–Trinajstić information content (AvgIpc) is 2.55. The maximum atomic E-state index is 5.78. The quantitative estimate of drug-likeness (QED) is 0.714. The molecular weight excluding hydrogens is 180 g/mol. The predicted molar refractivity (Wildman–Crippen MR) is 48.5 cm³/mol. The fourth-order valence-electron chi connectivity index (χ4n) is 1.03. The number of thiophene rings is 1. The molecule has 0 bridgehead atoms. The van der Waals surface area contributed by atoms with Gasteiger partial charge in [-0.15, -0.1) is 11.3 Å². The predicted octanol–water partition coefficient (Wildman–Crippen LogP) is 2.10. The Bertz CT molecular complexity index is 292. The van der Waals surface area contributed by atoms with Crippen LogP contribution >= 0.6 is 22.9 Å². The standard InChI is InChI=1S/C7H7ClN2S/c8-7-2-1-6(11-7)5-3-4-9-10-5/h1-2,9H,3-4H2. The van der Waals surface area contributed by atoms with Gasteiger partial charge in [-0.05, 0) is 12.1 Å². The SMILES string of the molecule is Clc1ccc(C2=NNCC2)s1. The first-order chi connectivity index (χ1) is 5.36. The summed E-state index contributed by atoms with van der Waals surface area (Å²) in [7, 11) is 0. The maximum Gasteiger partial charge on any atom is 0.0935 e. The molecule has 0 radical (unpaired) electrons. The minimum absolute atomic E-state index is 0.828. The van der Waals surface area contributed by atoms with Crippen molar-refractivity contribution < 1.29 is 0 Å². The molecule has 1 aromatic rings. The van der Waals surface area contributed by atoms with Crippen molar-refractivity contribution >= 4 is 28.6 Å². The Kier molecular flexibility index (Phi) is 1.84. The highest BCUT2D eigenvalue weighted by atomic mass is 35.5. The van der Waals surface area contributed by atoms with E-state index in [1.807, 2.05) is 12.1 Å².